The van der Waals surface area contributed by atoms with Crippen molar-refractivity contribution in [3.05, 3.63) is 53.4 Å². The Hall–Kier alpha value is -1.66. The molecule has 144 valence electrons. The minimum absolute atomic E-state index is 0. The summed E-state index contributed by atoms with van der Waals surface area (Å²) in [5.74, 6) is 0.428. The number of hydrogen-bond acceptors (Lipinski definition) is 4. The molecule has 1 amide bonds. The van der Waals surface area contributed by atoms with Crippen LogP contribution >= 0.6 is 36.2 Å². The van der Waals surface area contributed by atoms with Crippen molar-refractivity contribution < 1.29 is 4.79 Å². The lowest BCUT2D eigenvalue weighted by molar-refractivity contribution is 0.0916. The first-order valence-corrected chi connectivity index (χ1v) is 9.55. The Labute approximate surface area is 175 Å². The fraction of sp³-hybridized carbons (Fsp3) is 0.300. The number of carbonyl (C=O) groups excluding carboxylic acids is 1. The number of rotatable bonds is 3. The van der Waals surface area contributed by atoms with Gasteiger partial charge in [0.2, 0.25) is 0 Å². The number of benzene rings is 1. The van der Waals surface area contributed by atoms with Crippen LogP contribution in [0.15, 0.2) is 47.8 Å². The summed E-state index contributed by atoms with van der Waals surface area (Å²) in [6, 6.07) is 14.0. The fourth-order valence-electron chi connectivity index (χ4n) is 3.39. The summed E-state index contributed by atoms with van der Waals surface area (Å²) in [6.45, 7) is 4.08. The number of nitrogens with one attached hydrogen (secondary N) is 2. The van der Waals surface area contributed by atoms with Crippen molar-refractivity contribution in [3.8, 4) is 10.6 Å². The Morgan fingerprint density at radius 2 is 2.04 bits per heavy atom. The highest BCUT2D eigenvalue weighted by Gasteiger charge is 2.24. The summed E-state index contributed by atoms with van der Waals surface area (Å²) in [7, 11) is 0. The van der Waals surface area contributed by atoms with Crippen molar-refractivity contribution in [1.82, 2.24) is 15.6 Å². The smallest absolute Gasteiger partial charge is 0.252 e. The van der Waals surface area contributed by atoms with Gasteiger partial charge in [-0.1, -0.05) is 31.2 Å². The molecular formula is C20H23Cl2N3OS. The molecule has 0 saturated carbocycles. The Bertz CT molecular complexity index is 901. The lowest BCUT2D eigenvalue weighted by atomic mass is 9.94. The Morgan fingerprint density at radius 1 is 1.22 bits per heavy atom. The Balaban J connectivity index is 0.00000131. The molecule has 7 heteroatoms. The van der Waals surface area contributed by atoms with Crippen LogP contribution in [0.4, 0.5) is 0 Å². The molecule has 4 nitrogen and oxygen atoms in total. The van der Waals surface area contributed by atoms with Gasteiger partial charge in [-0.25, -0.2) is 4.98 Å². The van der Waals surface area contributed by atoms with Gasteiger partial charge in [0.1, 0.15) is 0 Å². The summed E-state index contributed by atoms with van der Waals surface area (Å²) in [5.41, 5.74) is 2.42. The van der Waals surface area contributed by atoms with Crippen molar-refractivity contribution >= 4 is 53.0 Å². The summed E-state index contributed by atoms with van der Waals surface area (Å²) in [6.07, 6.45) is 0.966. The molecule has 2 atom stereocenters. The molecule has 0 spiro atoms. The van der Waals surface area contributed by atoms with Crippen LogP contribution in [0.5, 0.6) is 0 Å². The Morgan fingerprint density at radius 3 is 2.78 bits per heavy atom. The van der Waals surface area contributed by atoms with E-state index in [1.807, 2.05) is 47.8 Å². The van der Waals surface area contributed by atoms with E-state index >= 15 is 0 Å². The fourth-order valence-corrected chi connectivity index (χ4v) is 4.07. The maximum absolute atomic E-state index is 13.0. The van der Waals surface area contributed by atoms with Gasteiger partial charge >= 0.3 is 0 Å². The standard InChI is InChI=1S/C20H21N3OS.2ClH/c1-13-12-21-9-8-16(13)23-20(24)15-11-18(19-7-4-10-25-19)22-17-6-3-2-5-14(15)17;;/h2-7,10-11,13,16,21H,8-9,12H2,1H3,(H,23,24);2*1H. The van der Waals surface area contributed by atoms with E-state index in [1.54, 1.807) is 11.3 Å². The molecule has 0 radical (unpaired) electrons. The normalized spacial score (nSPS) is 19.0. The number of nitrogens with zero attached hydrogens (tertiary/aromatic N) is 1. The Kier molecular flexibility index (Phi) is 7.62. The number of amides is 1. The lowest BCUT2D eigenvalue weighted by Crippen LogP contribution is -2.48. The van der Waals surface area contributed by atoms with Gasteiger partial charge in [0.05, 0.1) is 21.7 Å². The molecule has 3 aromatic rings. The zero-order valence-corrected chi connectivity index (χ0v) is 17.4. The number of carbonyl (C=O) groups is 1. The van der Waals surface area contributed by atoms with Crippen molar-refractivity contribution in [1.29, 1.82) is 0 Å². The van der Waals surface area contributed by atoms with Gasteiger partial charge in [-0.3, -0.25) is 4.79 Å². The van der Waals surface area contributed by atoms with Gasteiger partial charge in [0.25, 0.3) is 5.91 Å². The van der Waals surface area contributed by atoms with Gasteiger partial charge in [-0.05, 0) is 49.0 Å². The maximum Gasteiger partial charge on any atom is 0.252 e. The molecule has 3 heterocycles. The van der Waals surface area contributed by atoms with E-state index in [4.69, 9.17) is 4.98 Å². The van der Waals surface area contributed by atoms with Crippen LogP contribution in [-0.2, 0) is 0 Å². The molecule has 4 rings (SSSR count). The second-order valence-corrected chi connectivity index (χ2v) is 7.55. The third kappa shape index (κ3) is 4.61. The highest BCUT2D eigenvalue weighted by atomic mass is 35.5. The largest absolute Gasteiger partial charge is 0.349 e. The van der Waals surface area contributed by atoms with Crippen LogP contribution < -0.4 is 10.6 Å². The monoisotopic (exact) mass is 423 g/mol. The predicted molar refractivity (Wildman–Crippen MR) is 117 cm³/mol. The van der Waals surface area contributed by atoms with E-state index in [0.29, 0.717) is 11.5 Å². The van der Waals surface area contributed by atoms with Crippen LogP contribution in [-0.4, -0.2) is 30.0 Å². The quantitative estimate of drug-likeness (QED) is 0.650. The molecule has 0 aliphatic carbocycles. The molecule has 1 saturated heterocycles. The zero-order chi connectivity index (χ0) is 17.2. The van der Waals surface area contributed by atoms with Crippen molar-refractivity contribution in [2.45, 2.75) is 19.4 Å². The van der Waals surface area contributed by atoms with E-state index in [2.05, 4.69) is 17.6 Å². The average molecular weight is 424 g/mol. The van der Waals surface area contributed by atoms with E-state index in [-0.39, 0.29) is 36.8 Å². The minimum atomic E-state index is -0.00449. The third-order valence-electron chi connectivity index (χ3n) is 4.84. The average Bonchev–Trinajstić information content (AvgIpc) is 3.17. The van der Waals surface area contributed by atoms with Gasteiger partial charge in [-0.2, -0.15) is 0 Å². The third-order valence-corrected chi connectivity index (χ3v) is 5.73. The number of piperidine rings is 1. The van der Waals surface area contributed by atoms with Crippen LogP contribution in [0.25, 0.3) is 21.5 Å². The van der Waals surface area contributed by atoms with E-state index in [1.165, 1.54) is 0 Å². The first-order valence-electron chi connectivity index (χ1n) is 8.67. The van der Waals surface area contributed by atoms with Gasteiger partial charge < -0.3 is 10.6 Å². The van der Waals surface area contributed by atoms with Gasteiger partial charge in [0, 0.05) is 11.4 Å². The van der Waals surface area contributed by atoms with Gasteiger partial charge in [0.15, 0.2) is 0 Å². The predicted octanol–water partition coefficient (Wildman–Crippen LogP) is 4.53. The molecule has 2 unspecified atom stereocenters. The number of para-hydroxylation sites is 1. The second-order valence-electron chi connectivity index (χ2n) is 6.60. The number of pyridine rings is 1. The van der Waals surface area contributed by atoms with Crippen molar-refractivity contribution in [3.63, 3.8) is 0 Å². The number of aromatic nitrogens is 1. The molecule has 1 fully saturated rings. The lowest BCUT2D eigenvalue weighted by Gasteiger charge is -2.30. The van der Waals surface area contributed by atoms with E-state index in [0.717, 1.165) is 41.0 Å². The van der Waals surface area contributed by atoms with E-state index in [9.17, 15) is 4.79 Å². The molecule has 0 bridgehead atoms. The molecule has 1 aliphatic heterocycles. The minimum Gasteiger partial charge on any atom is -0.349 e. The number of thiophene rings is 1. The van der Waals surface area contributed by atoms with Crippen molar-refractivity contribution in [2.75, 3.05) is 13.1 Å². The summed E-state index contributed by atoms with van der Waals surface area (Å²) >= 11 is 1.64. The number of fused-ring (bicyclic) bond motifs is 1. The highest BCUT2D eigenvalue weighted by molar-refractivity contribution is 7.13. The second kappa shape index (κ2) is 9.51. The summed E-state index contributed by atoms with van der Waals surface area (Å²) in [5, 5.41) is 9.56. The first kappa shape index (κ1) is 21.6. The maximum atomic E-state index is 13.0. The van der Waals surface area contributed by atoms with E-state index < -0.39 is 0 Å². The topological polar surface area (TPSA) is 54.0 Å². The molecule has 1 aromatic carbocycles. The van der Waals surface area contributed by atoms with Crippen LogP contribution in [0.3, 0.4) is 0 Å². The number of hydrogen-bond donors (Lipinski definition) is 2. The molecule has 27 heavy (non-hydrogen) atoms. The van der Waals surface area contributed by atoms with Crippen LogP contribution in [0.2, 0.25) is 0 Å². The first-order chi connectivity index (χ1) is 12.2. The molecule has 2 N–H and O–H groups in total. The zero-order valence-electron chi connectivity index (χ0n) is 15.0. The van der Waals surface area contributed by atoms with Crippen LogP contribution in [0.1, 0.15) is 23.7 Å². The van der Waals surface area contributed by atoms with Crippen molar-refractivity contribution in [2.24, 2.45) is 5.92 Å². The van der Waals surface area contributed by atoms with Crippen LogP contribution in [0, 0.1) is 5.92 Å². The molecule has 1 aliphatic rings. The molecule has 2 aromatic heterocycles. The summed E-state index contributed by atoms with van der Waals surface area (Å²) < 4.78 is 0. The molecular weight excluding hydrogens is 401 g/mol. The highest BCUT2D eigenvalue weighted by Crippen LogP contribution is 2.28. The van der Waals surface area contributed by atoms with Gasteiger partial charge in [-0.15, -0.1) is 36.2 Å². The SMILES string of the molecule is CC1CNCCC1NC(=O)c1cc(-c2cccs2)nc2ccccc12.Cl.Cl. The summed E-state index contributed by atoms with van der Waals surface area (Å²) in [4.78, 5) is 18.9. The number of halogens is 2.